The van der Waals surface area contributed by atoms with Crippen LogP contribution in [-0.2, 0) is 18.3 Å². The second-order valence-corrected chi connectivity index (χ2v) is 5.50. The summed E-state index contributed by atoms with van der Waals surface area (Å²) in [6.07, 6.45) is 3.53. The summed E-state index contributed by atoms with van der Waals surface area (Å²) in [6, 6.07) is 6.70. The molecule has 0 unspecified atom stereocenters. The first kappa shape index (κ1) is 15.9. The van der Waals surface area contributed by atoms with Gasteiger partial charge in [-0.25, -0.2) is 4.98 Å². The fourth-order valence-electron chi connectivity index (χ4n) is 2.69. The predicted octanol–water partition coefficient (Wildman–Crippen LogP) is 2.60. The smallest absolute Gasteiger partial charge is 0.387 e. The summed E-state index contributed by atoms with van der Waals surface area (Å²) in [5.41, 5.74) is 0.840. The molecule has 0 spiro atoms. The zero-order valence-electron chi connectivity index (χ0n) is 12.9. The Kier molecular flexibility index (Phi) is 4.88. The molecule has 1 aliphatic heterocycles. The predicted molar refractivity (Wildman–Crippen MR) is 80.3 cm³/mol. The number of nitrogens with zero attached hydrogens (tertiary/aromatic N) is 3. The lowest BCUT2D eigenvalue weighted by Gasteiger charge is -2.33. The van der Waals surface area contributed by atoms with Gasteiger partial charge in [0.15, 0.2) is 0 Å². The van der Waals surface area contributed by atoms with Crippen molar-refractivity contribution in [3.05, 3.63) is 48.0 Å². The van der Waals surface area contributed by atoms with E-state index < -0.39 is 6.61 Å². The summed E-state index contributed by atoms with van der Waals surface area (Å²) in [5, 5.41) is 0. The van der Waals surface area contributed by atoms with E-state index in [9.17, 15) is 8.78 Å². The third-order valence-electron chi connectivity index (χ3n) is 3.89. The molecule has 0 saturated carbocycles. The van der Waals surface area contributed by atoms with Crippen LogP contribution >= 0.6 is 0 Å². The number of halogens is 2. The standard InChI is InChI=1S/C16H19F2N3O2/c1-20-6-5-19-15(20)11-21-7-8-22-14(10-21)12-3-2-4-13(9-12)23-16(17)18/h2-6,9,14,16H,7-8,10-11H2,1H3/t14-/m1/s1. The first-order valence-electron chi connectivity index (χ1n) is 7.47. The van der Waals surface area contributed by atoms with Crippen LogP contribution in [0.5, 0.6) is 5.75 Å². The first-order chi connectivity index (χ1) is 11.1. The number of hydrogen-bond donors (Lipinski definition) is 0. The monoisotopic (exact) mass is 323 g/mol. The van der Waals surface area contributed by atoms with Crippen LogP contribution in [0.3, 0.4) is 0 Å². The molecule has 2 aromatic rings. The van der Waals surface area contributed by atoms with E-state index in [0.29, 0.717) is 13.2 Å². The highest BCUT2D eigenvalue weighted by Crippen LogP contribution is 2.26. The van der Waals surface area contributed by atoms with Crippen molar-refractivity contribution in [2.45, 2.75) is 19.3 Å². The third-order valence-corrected chi connectivity index (χ3v) is 3.89. The Morgan fingerprint density at radius 3 is 3.04 bits per heavy atom. The molecule has 0 aliphatic carbocycles. The Balaban J connectivity index is 1.67. The molecule has 0 radical (unpaired) electrons. The van der Waals surface area contributed by atoms with E-state index in [4.69, 9.17) is 4.74 Å². The third kappa shape index (κ3) is 4.05. The number of imidazole rings is 1. The van der Waals surface area contributed by atoms with Crippen LogP contribution in [0.2, 0.25) is 0 Å². The van der Waals surface area contributed by atoms with E-state index in [1.54, 1.807) is 18.3 Å². The maximum absolute atomic E-state index is 12.3. The van der Waals surface area contributed by atoms with Gasteiger partial charge in [0.05, 0.1) is 19.3 Å². The van der Waals surface area contributed by atoms with Gasteiger partial charge in [0.25, 0.3) is 0 Å². The van der Waals surface area contributed by atoms with Crippen molar-refractivity contribution in [2.24, 2.45) is 7.05 Å². The Morgan fingerprint density at radius 1 is 1.43 bits per heavy atom. The summed E-state index contributed by atoms with van der Waals surface area (Å²) >= 11 is 0. The van der Waals surface area contributed by atoms with Gasteiger partial charge < -0.3 is 14.0 Å². The fourth-order valence-corrected chi connectivity index (χ4v) is 2.69. The van der Waals surface area contributed by atoms with Crippen LogP contribution in [0.25, 0.3) is 0 Å². The highest BCUT2D eigenvalue weighted by molar-refractivity contribution is 5.30. The normalized spacial score (nSPS) is 19.2. The van der Waals surface area contributed by atoms with Crippen molar-refractivity contribution in [1.29, 1.82) is 0 Å². The topological polar surface area (TPSA) is 39.5 Å². The van der Waals surface area contributed by atoms with E-state index in [2.05, 4.69) is 14.6 Å². The quantitative estimate of drug-likeness (QED) is 0.848. The van der Waals surface area contributed by atoms with Gasteiger partial charge in [-0.1, -0.05) is 12.1 Å². The van der Waals surface area contributed by atoms with Crippen LogP contribution in [0.15, 0.2) is 36.7 Å². The van der Waals surface area contributed by atoms with Gasteiger partial charge in [-0.3, -0.25) is 4.90 Å². The molecule has 1 aliphatic rings. The van der Waals surface area contributed by atoms with Gasteiger partial charge in [-0.15, -0.1) is 0 Å². The molecule has 1 aromatic carbocycles. The second-order valence-electron chi connectivity index (χ2n) is 5.50. The number of benzene rings is 1. The lowest BCUT2D eigenvalue weighted by Crippen LogP contribution is -2.38. The number of morpholine rings is 1. The van der Waals surface area contributed by atoms with Crippen LogP contribution in [0, 0.1) is 0 Å². The summed E-state index contributed by atoms with van der Waals surface area (Å²) in [5.74, 6) is 1.14. The molecule has 1 saturated heterocycles. The fraction of sp³-hybridized carbons (Fsp3) is 0.438. The van der Waals surface area contributed by atoms with Gasteiger partial charge in [0.2, 0.25) is 0 Å². The average Bonchev–Trinajstić information content (AvgIpc) is 2.92. The van der Waals surface area contributed by atoms with Crippen molar-refractivity contribution in [2.75, 3.05) is 19.7 Å². The molecule has 1 aromatic heterocycles. The second kappa shape index (κ2) is 7.06. The number of alkyl halides is 2. The Morgan fingerprint density at radius 2 is 2.30 bits per heavy atom. The number of ether oxygens (including phenoxy) is 2. The first-order valence-corrected chi connectivity index (χ1v) is 7.47. The molecule has 2 heterocycles. The molecule has 1 atom stereocenters. The lowest BCUT2D eigenvalue weighted by molar-refractivity contribution is -0.0509. The van der Waals surface area contributed by atoms with Crippen LogP contribution < -0.4 is 4.74 Å². The van der Waals surface area contributed by atoms with Gasteiger partial charge in [-0.05, 0) is 17.7 Å². The zero-order valence-corrected chi connectivity index (χ0v) is 12.9. The minimum atomic E-state index is -2.82. The SMILES string of the molecule is Cn1ccnc1CN1CCO[C@@H](c2cccc(OC(F)F)c2)C1. The molecule has 1 fully saturated rings. The summed E-state index contributed by atoms with van der Waals surface area (Å²) in [4.78, 5) is 6.58. The lowest BCUT2D eigenvalue weighted by atomic mass is 10.1. The molecule has 5 nitrogen and oxygen atoms in total. The van der Waals surface area contributed by atoms with Gasteiger partial charge in [0, 0.05) is 32.5 Å². The number of aryl methyl sites for hydroxylation is 1. The highest BCUT2D eigenvalue weighted by Gasteiger charge is 2.23. The van der Waals surface area contributed by atoms with Crippen LogP contribution in [0.1, 0.15) is 17.5 Å². The van der Waals surface area contributed by atoms with Crippen molar-refractivity contribution < 1.29 is 18.3 Å². The van der Waals surface area contributed by atoms with E-state index in [1.807, 2.05) is 23.9 Å². The molecule has 0 bridgehead atoms. The van der Waals surface area contributed by atoms with E-state index in [0.717, 1.165) is 24.5 Å². The molecule has 0 N–H and O–H groups in total. The number of aromatic nitrogens is 2. The minimum absolute atomic E-state index is 0.155. The van der Waals surface area contributed by atoms with E-state index >= 15 is 0 Å². The molecular weight excluding hydrogens is 304 g/mol. The molecule has 3 rings (SSSR count). The van der Waals surface area contributed by atoms with E-state index in [1.165, 1.54) is 6.07 Å². The maximum Gasteiger partial charge on any atom is 0.387 e. The van der Waals surface area contributed by atoms with Crippen LogP contribution in [-0.4, -0.2) is 40.8 Å². The number of rotatable bonds is 5. The van der Waals surface area contributed by atoms with Crippen LogP contribution in [0.4, 0.5) is 8.78 Å². The molecule has 124 valence electrons. The number of hydrogen-bond acceptors (Lipinski definition) is 4. The zero-order chi connectivity index (χ0) is 16.2. The van der Waals surface area contributed by atoms with Crippen molar-refractivity contribution in [3.63, 3.8) is 0 Å². The van der Waals surface area contributed by atoms with Crippen molar-refractivity contribution >= 4 is 0 Å². The Hall–Kier alpha value is -1.99. The summed E-state index contributed by atoms with van der Waals surface area (Å²) in [6.45, 7) is 0.00475. The Labute approximate surface area is 133 Å². The van der Waals surface area contributed by atoms with Crippen molar-refractivity contribution in [3.8, 4) is 5.75 Å². The van der Waals surface area contributed by atoms with Gasteiger partial charge >= 0.3 is 6.61 Å². The highest BCUT2D eigenvalue weighted by atomic mass is 19.3. The summed E-state index contributed by atoms with van der Waals surface area (Å²) < 4.78 is 36.9. The molecular formula is C16H19F2N3O2. The summed E-state index contributed by atoms with van der Waals surface area (Å²) in [7, 11) is 1.96. The van der Waals surface area contributed by atoms with Gasteiger partial charge in [-0.2, -0.15) is 8.78 Å². The van der Waals surface area contributed by atoms with E-state index in [-0.39, 0.29) is 11.9 Å². The maximum atomic E-state index is 12.3. The van der Waals surface area contributed by atoms with Crippen molar-refractivity contribution in [1.82, 2.24) is 14.5 Å². The molecule has 7 heteroatoms. The Bertz CT molecular complexity index is 648. The minimum Gasteiger partial charge on any atom is -0.435 e. The largest absolute Gasteiger partial charge is 0.435 e. The molecule has 23 heavy (non-hydrogen) atoms. The molecule has 0 amide bonds. The average molecular weight is 323 g/mol. The van der Waals surface area contributed by atoms with Gasteiger partial charge in [0.1, 0.15) is 11.6 Å².